The summed E-state index contributed by atoms with van der Waals surface area (Å²) in [4.78, 5) is -1.28. The summed E-state index contributed by atoms with van der Waals surface area (Å²) in [5, 5.41) is -0.641. The lowest BCUT2D eigenvalue weighted by Gasteiger charge is -2.07. The van der Waals surface area contributed by atoms with Crippen LogP contribution in [0, 0.1) is 11.6 Å². The average molecular weight is 277 g/mol. The fraction of sp³-hybridized carbons (Fsp3) is 0.143. The van der Waals surface area contributed by atoms with Crippen LogP contribution in [-0.2, 0) is 9.05 Å². The highest BCUT2D eigenvalue weighted by Crippen LogP contribution is 2.34. The maximum absolute atomic E-state index is 13.3. The average Bonchev–Trinajstić information content (AvgIpc) is 2.09. The molecule has 1 aromatic rings. The lowest BCUT2D eigenvalue weighted by Crippen LogP contribution is -2.02. The Labute approximate surface area is 94.0 Å². The van der Waals surface area contributed by atoms with Crippen LogP contribution in [0.2, 0.25) is 5.02 Å². The van der Waals surface area contributed by atoms with Gasteiger partial charge in [-0.05, 0) is 0 Å². The molecule has 0 N–H and O–H groups in total. The standard InChI is InChI=1S/C7H4Cl2F2O3S/c1-14-4-2-3(10)7(15(9,12)13)6(11)5(4)8/h2H,1H3. The zero-order valence-electron chi connectivity index (χ0n) is 7.22. The fourth-order valence-electron chi connectivity index (χ4n) is 0.929. The number of ether oxygens (including phenoxy) is 1. The number of benzene rings is 1. The molecule has 0 fully saturated rings. The summed E-state index contributed by atoms with van der Waals surface area (Å²) in [6.45, 7) is 0. The lowest BCUT2D eigenvalue weighted by molar-refractivity contribution is 0.403. The van der Waals surface area contributed by atoms with Gasteiger partial charge < -0.3 is 4.74 Å². The third-order valence-electron chi connectivity index (χ3n) is 1.55. The second-order valence-corrected chi connectivity index (χ2v) is 5.34. The van der Waals surface area contributed by atoms with Crippen LogP contribution in [0.5, 0.6) is 5.75 Å². The second-order valence-electron chi connectivity index (χ2n) is 2.46. The van der Waals surface area contributed by atoms with E-state index in [9.17, 15) is 17.2 Å². The Morgan fingerprint density at radius 3 is 2.33 bits per heavy atom. The van der Waals surface area contributed by atoms with Gasteiger partial charge in [-0.25, -0.2) is 17.2 Å². The highest BCUT2D eigenvalue weighted by Gasteiger charge is 2.26. The molecule has 1 rings (SSSR count). The molecule has 0 unspecified atom stereocenters. The van der Waals surface area contributed by atoms with Crippen molar-refractivity contribution in [2.24, 2.45) is 0 Å². The molecule has 0 amide bonds. The van der Waals surface area contributed by atoms with Crippen molar-refractivity contribution in [1.82, 2.24) is 0 Å². The topological polar surface area (TPSA) is 43.4 Å². The van der Waals surface area contributed by atoms with Gasteiger partial charge >= 0.3 is 0 Å². The van der Waals surface area contributed by atoms with Gasteiger partial charge in [0.25, 0.3) is 9.05 Å². The molecule has 3 nitrogen and oxygen atoms in total. The van der Waals surface area contributed by atoms with E-state index in [4.69, 9.17) is 22.3 Å². The number of hydrogen-bond donors (Lipinski definition) is 0. The Balaban J connectivity index is 3.65. The van der Waals surface area contributed by atoms with Crippen molar-refractivity contribution < 1.29 is 21.9 Å². The molecule has 0 heterocycles. The van der Waals surface area contributed by atoms with Gasteiger partial charge in [-0.15, -0.1) is 0 Å². The van der Waals surface area contributed by atoms with Crippen molar-refractivity contribution >= 4 is 31.3 Å². The van der Waals surface area contributed by atoms with Crippen LogP contribution in [0.3, 0.4) is 0 Å². The predicted octanol–water partition coefficient (Wildman–Crippen LogP) is 2.55. The Bertz CT molecular complexity index is 501. The van der Waals surface area contributed by atoms with E-state index in [0.717, 1.165) is 7.11 Å². The largest absolute Gasteiger partial charge is 0.495 e. The number of methoxy groups -OCH3 is 1. The molecule has 0 aliphatic rings. The second kappa shape index (κ2) is 4.11. The Morgan fingerprint density at radius 1 is 1.40 bits per heavy atom. The van der Waals surface area contributed by atoms with E-state index in [1.165, 1.54) is 0 Å². The first-order valence-corrected chi connectivity index (χ1v) is 6.14. The molecule has 0 spiro atoms. The van der Waals surface area contributed by atoms with Gasteiger partial charge in [-0.1, -0.05) is 11.6 Å². The SMILES string of the molecule is COc1cc(F)c(S(=O)(=O)Cl)c(F)c1Cl. The fourth-order valence-corrected chi connectivity index (χ4v) is 2.24. The molecule has 0 radical (unpaired) electrons. The summed E-state index contributed by atoms with van der Waals surface area (Å²) in [5.74, 6) is -3.14. The smallest absolute Gasteiger partial charge is 0.267 e. The van der Waals surface area contributed by atoms with Gasteiger partial charge in [0.05, 0.1) is 7.11 Å². The van der Waals surface area contributed by atoms with E-state index in [0.29, 0.717) is 6.07 Å². The van der Waals surface area contributed by atoms with Gasteiger partial charge in [0.2, 0.25) is 0 Å². The highest BCUT2D eigenvalue weighted by molar-refractivity contribution is 8.13. The molecule has 0 saturated carbocycles. The maximum Gasteiger partial charge on any atom is 0.267 e. The van der Waals surface area contributed by atoms with Gasteiger partial charge in [-0.2, -0.15) is 0 Å². The first-order valence-electron chi connectivity index (χ1n) is 3.45. The van der Waals surface area contributed by atoms with Crippen LogP contribution in [0.25, 0.3) is 0 Å². The van der Waals surface area contributed by atoms with Crippen molar-refractivity contribution in [1.29, 1.82) is 0 Å². The van der Waals surface area contributed by atoms with E-state index in [2.05, 4.69) is 4.74 Å². The molecule has 1 aromatic carbocycles. The van der Waals surface area contributed by atoms with Crippen molar-refractivity contribution in [3.63, 3.8) is 0 Å². The van der Waals surface area contributed by atoms with Gasteiger partial charge in [0.1, 0.15) is 16.6 Å². The van der Waals surface area contributed by atoms with E-state index in [-0.39, 0.29) is 5.75 Å². The lowest BCUT2D eigenvalue weighted by atomic mass is 10.3. The van der Waals surface area contributed by atoms with Gasteiger partial charge in [0, 0.05) is 16.7 Å². The molecular weight excluding hydrogens is 273 g/mol. The summed E-state index contributed by atoms with van der Waals surface area (Å²) >= 11 is 5.39. The molecule has 15 heavy (non-hydrogen) atoms. The van der Waals surface area contributed by atoms with E-state index < -0.39 is 30.6 Å². The zero-order valence-corrected chi connectivity index (χ0v) is 9.55. The minimum atomic E-state index is -4.53. The molecular formula is C7H4Cl2F2O3S. The minimum Gasteiger partial charge on any atom is -0.495 e. The monoisotopic (exact) mass is 276 g/mol. The quantitative estimate of drug-likeness (QED) is 0.616. The van der Waals surface area contributed by atoms with E-state index in [1.807, 2.05) is 0 Å². The highest BCUT2D eigenvalue weighted by atomic mass is 35.7. The first-order chi connectivity index (χ1) is 6.79. The summed E-state index contributed by atoms with van der Waals surface area (Å²) in [5.41, 5.74) is 0. The predicted molar refractivity (Wildman–Crippen MR) is 51.0 cm³/mol. The van der Waals surface area contributed by atoms with Crippen LogP contribution >= 0.6 is 22.3 Å². The number of halogens is 4. The molecule has 84 valence electrons. The summed E-state index contributed by atoms with van der Waals surface area (Å²) in [6, 6.07) is 0.640. The zero-order chi connectivity index (χ0) is 11.8. The van der Waals surface area contributed by atoms with Crippen molar-refractivity contribution in [3.8, 4) is 5.75 Å². The van der Waals surface area contributed by atoms with Gasteiger partial charge in [-0.3, -0.25) is 0 Å². The van der Waals surface area contributed by atoms with Crippen molar-refractivity contribution in [3.05, 3.63) is 22.7 Å². The van der Waals surface area contributed by atoms with E-state index >= 15 is 0 Å². The maximum atomic E-state index is 13.3. The van der Waals surface area contributed by atoms with Crippen molar-refractivity contribution in [2.45, 2.75) is 4.90 Å². The van der Waals surface area contributed by atoms with Gasteiger partial charge in [0.15, 0.2) is 10.7 Å². The molecule has 0 bridgehead atoms. The summed E-state index contributed by atoms with van der Waals surface area (Å²) in [6.07, 6.45) is 0. The Kier molecular flexibility index (Phi) is 3.42. The van der Waals surface area contributed by atoms with Crippen LogP contribution in [0.15, 0.2) is 11.0 Å². The van der Waals surface area contributed by atoms with Crippen LogP contribution in [0.1, 0.15) is 0 Å². The third-order valence-corrected chi connectivity index (χ3v) is 3.22. The normalized spacial score (nSPS) is 11.5. The molecule has 0 aliphatic heterocycles. The summed E-state index contributed by atoms with van der Waals surface area (Å²) in [7, 11) is 1.43. The number of rotatable bonds is 2. The van der Waals surface area contributed by atoms with Crippen LogP contribution in [-0.4, -0.2) is 15.5 Å². The van der Waals surface area contributed by atoms with E-state index in [1.54, 1.807) is 0 Å². The van der Waals surface area contributed by atoms with Crippen LogP contribution in [0.4, 0.5) is 8.78 Å². The molecule has 0 aromatic heterocycles. The Hall–Kier alpha value is -0.590. The summed E-state index contributed by atoms with van der Waals surface area (Å²) < 4.78 is 52.6. The first kappa shape index (κ1) is 12.5. The molecule has 0 saturated heterocycles. The van der Waals surface area contributed by atoms with Crippen molar-refractivity contribution in [2.75, 3.05) is 7.11 Å². The third kappa shape index (κ3) is 2.32. The Morgan fingerprint density at radius 2 is 1.93 bits per heavy atom. The minimum absolute atomic E-state index is 0.310. The molecule has 0 aliphatic carbocycles. The molecule has 0 atom stereocenters. The van der Waals surface area contributed by atoms with Crippen LogP contribution < -0.4 is 4.74 Å². The molecule has 8 heteroatoms. The number of hydrogen-bond acceptors (Lipinski definition) is 3.